The molecule has 0 aromatic heterocycles. The van der Waals surface area contributed by atoms with Crippen molar-refractivity contribution in [2.75, 3.05) is 11.9 Å². The molecule has 1 heteroatoms. The van der Waals surface area contributed by atoms with Gasteiger partial charge in [-0.05, 0) is 43.5 Å². The van der Waals surface area contributed by atoms with Crippen molar-refractivity contribution in [1.29, 1.82) is 0 Å². The van der Waals surface area contributed by atoms with Crippen molar-refractivity contribution in [2.24, 2.45) is 0 Å². The lowest BCUT2D eigenvalue weighted by Gasteiger charge is -2.15. The van der Waals surface area contributed by atoms with Gasteiger partial charge in [0.2, 0.25) is 0 Å². The number of nitrogens with one attached hydrogen (secondary N) is 1. The first-order valence-corrected chi connectivity index (χ1v) is 6.13. The summed E-state index contributed by atoms with van der Waals surface area (Å²) in [5.41, 5.74) is 6.51. The normalized spacial score (nSPS) is 10.3. The van der Waals surface area contributed by atoms with E-state index in [9.17, 15) is 0 Å². The molecule has 0 amide bonds. The van der Waals surface area contributed by atoms with Crippen LogP contribution >= 0.6 is 0 Å². The Morgan fingerprint density at radius 3 is 2.29 bits per heavy atom. The molecule has 2 aromatic carbocycles. The fourth-order valence-corrected chi connectivity index (χ4v) is 2.22. The first kappa shape index (κ1) is 11.7. The summed E-state index contributed by atoms with van der Waals surface area (Å²) in [6.45, 7) is 7.41. The Hall–Kier alpha value is -1.76. The van der Waals surface area contributed by atoms with E-state index in [-0.39, 0.29) is 0 Å². The van der Waals surface area contributed by atoms with Crippen molar-refractivity contribution in [1.82, 2.24) is 0 Å². The molecule has 0 heterocycles. The lowest BCUT2D eigenvalue weighted by molar-refractivity contribution is 1.21. The molecule has 0 aliphatic heterocycles. The summed E-state index contributed by atoms with van der Waals surface area (Å²) in [6, 6.07) is 15.0. The van der Waals surface area contributed by atoms with Gasteiger partial charge in [-0.2, -0.15) is 0 Å². The number of aryl methyl sites for hydroxylation is 2. The first-order chi connectivity index (χ1) is 8.24. The Balaban J connectivity index is 2.61. The monoisotopic (exact) mass is 225 g/mol. The molecule has 0 spiro atoms. The highest BCUT2D eigenvalue weighted by molar-refractivity contribution is 5.82. The van der Waals surface area contributed by atoms with Crippen LogP contribution in [-0.2, 0) is 0 Å². The van der Waals surface area contributed by atoms with Gasteiger partial charge in [-0.15, -0.1) is 0 Å². The van der Waals surface area contributed by atoms with Crippen LogP contribution < -0.4 is 5.32 Å². The van der Waals surface area contributed by atoms with E-state index < -0.39 is 0 Å². The number of rotatable bonds is 3. The van der Waals surface area contributed by atoms with Crippen molar-refractivity contribution in [2.45, 2.75) is 20.8 Å². The quantitative estimate of drug-likeness (QED) is 0.816. The number of hydrogen-bond donors (Lipinski definition) is 1. The van der Waals surface area contributed by atoms with Gasteiger partial charge in [0.05, 0.1) is 0 Å². The molecule has 0 aliphatic carbocycles. The summed E-state index contributed by atoms with van der Waals surface area (Å²) in [5.74, 6) is 0. The van der Waals surface area contributed by atoms with E-state index in [4.69, 9.17) is 0 Å². The predicted molar refractivity (Wildman–Crippen MR) is 75.5 cm³/mol. The molecule has 0 atom stereocenters. The van der Waals surface area contributed by atoms with Gasteiger partial charge in [0.25, 0.3) is 0 Å². The summed E-state index contributed by atoms with van der Waals surface area (Å²) in [4.78, 5) is 0. The van der Waals surface area contributed by atoms with E-state index in [1.54, 1.807) is 0 Å². The topological polar surface area (TPSA) is 12.0 Å². The molecule has 0 unspecified atom stereocenters. The zero-order valence-electron chi connectivity index (χ0n) is 10.7. The van der Waals surface area contributed by atoms with Crippen LogP contribution in [-0.4, -0.2) is 6.54 Å². The van der Waals surface area contributed by atoms with Crippen molar-refractivity contribution in [3.63, 3.8) is 0 Å². The lowest BCUT2D eigenvalue weighted by atomic mass is 9.95. The maximum atomic E-state index is 3.44. The third-order valence-electron chi connectivity index (χ3n) is 3.05. The standard InChI is InChI=1S/C16H19N/c1-4-17-15-11-7-9-13(3)16(15)14-10-6-5-8-12(14)2/h5-11,17H,4H2,1-3H3. The summed E-state index contributed by atoms with van der Waals surface area (Å²) in [6.07, 6.45) is 0. The molecule has 1 nitrogen and oxygen atoms in total. The third kappa shape index (κ3) is 2.33. The minimum absolute atomic E-state index is 0.947. The third-order valence-corrected chi connectivity index (χ3v) is 3.05. The molecule has 17 heavy (non-hydrogen) atoms. The molecule has 0 radical (unpaired) electrons. The van der Waals surface area contributed by atoms with Crippen LogP contribution in [0.25, 0.3) is 11.1 Å². The smallest absolute Gasteiger partial charge is 0.0422 e. The second-order valence-electron chi connectivity index (χ2n) is 4.34. The van der Waals surface area contributed by atoms with E-state index in [1.807, 2.05) is 0 Å². The number of benzene rings is 2. The van der Waals surface area contributed by atoms with E-state index in [2.05, 4.69) is 68.6 Å². The highest BCUT2D eigenvalue weighted by atomic mass is 14.9. The van der Waals surface area contributed by atoms with Crippen molar-refractivity contribution in [3.8, 4) is 11.1 Å². The van der Waals surface area contributed by atoms with Crippen LogP contribution in [0.4, 0.5) is 5.69 Å². The number of anilines is 1. The molecular weight excluding hydrogens is 206 g/mol. The predicted octanol–water partition coefficient (Wildman–Crippen LogP) is 4.40. The molecule has 0 bridgehead atoms. The molecular formula is C16H19N. The van der Waals surface area contributed by atoms with Gasteiger partial charge in [0.15, 0.2) is 0 Å². The molecule has 88 valence electrons. The lowest BCUT2D eigenvalue weighted by Crippen LogP contribution is -2.00. The SMILES string of the molecule is CCNc1cccc(C)c1-c1ccccc1C. The van der Waals surface area contributed by atoms with Crippen LogP contribution in [0, 0.1) is 13.8 Å². The Labute approximate surface area is 103 Å². The van der Waals surface area contributed by atoms with Gasteiger partial charge in [-0.25, -0.2) is 0 Å². The van der Waals surface area contributed by atoms with Crippen LogP contribution in [0.1, 0.15) is 18.1 Å². The molecule has 2 aromatic rings. The van der Waals surface area contributed by atoms with Gasteiger partial charge >= 0.3 is 0 Å². The summed E-state index contributed by atoms with van der Waals surface area (Å²) in [7, 11) is 0. The van der Waals surface area contributed by atoms with Crippen LogP contribution in [0.15, 0.2) is 42.5 Å². The summed E-state index contributed by atoms with van der Waals surface area (Å²) < 4.78 is 0. The van der Waals surface area contributed by atoms with E-state index in [0.717, 1.165) is 6.54 Å². The Morgan fingerprint density at radius 1 is 0.882 bits per heavy atom. The zero-order valence-corrected chi connectivity index (χ0v) is 10.7. The van der Waals surface area contributed by atoms with Crippen molar-refractivity contribution >= 4 is 5.69 Å². The molecule has 0 saturated heterocycles. The Morgan fingerprint density at radius 2 is 1.59 bits per heavy atom. The van der Waals surface area contributed by atoms with Crippen molar-refractivity contribution in [3.05, 3.63) is 53.6 Å². The maximum Gasteiger partial charge on any atom is 0.0422 e. The van der Waals surface area contributed by atoms with E-state index in [0.29, 0.717) is 0 Å². The molecule has 2 rings (SSSR count). The summed E-state index contributed by atoms with van der Waals surface area (Å²) in [5, 5.41) is 3.44. The molecule has 0 aliphatic rings. The molecule has 0 saturated carbocycles. The maximum absolute atomic E-state index is 3.44. The van der Waals surface area contributed by atoms with E-state index >= 15 is 0 Å². The van der Waals surface area contributed by atoms with E-state index in [1.165, 1.54) is 27.9 Å². The fraction of sp³-hybridized carbons (Fsp3) is 0.250. The molecule has 1 N–H and O–H groups in total. The van der Waals surface area contributed by atoms with Crippen LogP contribution in [0.2, 0.25) is 0 Å². The highest BCUT2D eigenvalue weighted by Gasteiger charge is 2.09. The van der Waals surface area contributed by atoms with Gasteiger partial charge in [-0.3, -0.25) is 0 Å². The average Bonchev–Trinajstić information content (AvgIpc) is 2.31. The zero-order chi connectivity index (χ0) is 12.3. The Bertz CT molecular complexity index is 515. The largest absolute Gasteiger partial charge is 0.385 e. The van der Waals surface area contributed by atoms with Crippen molar-refractivity contribution < 1.29 is 0 Å². The minimum Gasteiger partial charge on any atom is -0.385 e. The highest BCUT2D eigenvalue weighted by Crippen LogP contribution is 2.33. The van der Waals surface area contributed by atoms with Gasteiger partial charge in [0, 0.05) is 17.8 Å². The van der Waals surface area contributed by atoms with Crippen LogP contribution in [0.3, 0.4) is 0 Å². The minimum atomic E-state index is 0.947. The van der Waals surface area contributed by atoms with Crippen LogP contribution in [0.5, 0.6) is 0 Å². The second kappa shape index (κ2) is 5.05. The Kier molecular flexibility index (Phi) is 3.48. The summed E-state index contributed by atoms with van der Waals surface area (Å²) >= 11 is 0. The molecule has 0 fully saturated rings. The van der Waals surface area contributed by atoms with Gasteiger partial charge in [0.1, 0.15) is 0 Å². The van der Waals surface area contributed by atoms with Gasteiger partial charge in [-0.1, -0.05) is 36.4 Å². The number of hydrogen-bond acceptors (Lipinski definition) is 1. The van der Waals surface area contributed by atoms with Gasteiger partial charge < -0.3 is 5.32 Å². The first-order valence-electron chi connectivity index (χ1n) is 6.13. The second-order valence-corrected chi connectivity index (χ2v) is 4.34. The fourth-order valence-electron chi connectivity index (χ4n) is 2.22. The average molecular weight is 225 g/mol.